The lowest BCUT2D eigenvalue weighted by atomic mass is 9.95. The van der Waals surface area contributed by atoms with Crippen molar-refractivity contribution in [2.75, 3.05) is 31.1 Å². The van der Waals surface area contributed by atoms with Gasteiger partial charge in [0.05, 0.1) is 5.92 Å². The molecule has 3 aliphatic heterocycles. The van der Waals surface area contributed by atoms with Crippen LogP contribution < -0.4 is 15.0 Å². The molecule has 3 heterocycles. The Hall–Kier alpha value is -2.33. The summed E-state index contributed by atoms with van der Waals surface area (Å²) in [7, 11) is 0. The van der Waals surface area contributed by atoms with Crippen LogP contribution in [0.4, 0.5) is 5.69 Å². The number of piperidine rings is 2. The van der Waals surface area contributed by atoms with Gasteiger partial charge in [0.25, 0.3) is 0 Å². The standard InChI is InChI=1S/C20H19NO2.C5H11N/c22-19-17-14(8-6-9-15(17)21-11-4-1-5-12-21)20-18(19)13-7-2-3-10-16(13)23-20;1-2-4-6-5-3-1/h2-3,6-10,18,20H,1,4-5,11-12H2;6H,1-5H2. The zero-order valence-corrected chi connectivity index (χ0v) is 17.0. The number of anilines is 1. The molecule has 1 aliphatic carbocycles. The number of nitrogens with zero attached hydrogens (tertiary/aromatic N) is 1. The van der Waals surface area contributed by atoms with Gasteiger partial charge in [0.2, 0.25) is 0 Å². The van der Waals surface area contributed by atoms with Crippen molar-refractivity contribution in [1.29, 1.82) is 0 Å². The molecule has 2 saturated heterocycles. The Morgan fingerprint density at radius 3 is 2.28 bits per heavy atom. The van der Waals surface area contributed by atoms with E-state index in [1.165, 1.54) is 51.6 Å². The summed E-state index contributed by atoms with van der Waals surface area (Å²) in [6.45, 7) is 4.60. The second-order valence-corrected chi connectivity index (χ2v) is 8.52. The lowest BCUT2D eigenvalue weighted by Crippen LogP contribution is -2.30. The third-order valence-electron chi connectivity index (χ3n) is 6.62. The maximum atomic E-state index is 13.2. The molecule has 2 unspecified atom stereocenters. The minimum Gasteiger partial charge on any atom is -0.484 e. The molecule has 0 radical (unpaired) electrons. The van der Waals surface area contributed by atoms with E-state index in [1.807, 2.05) is 24.3 Å². The Labute approximate surface area is 173 Å². The van der Waals surface area contributed by atoms with Crippen molar-refractivity contribution >= 4 is 11.5 Å². The number of ketones is 1. The molecule has 4 aliphatic rings. The Bertz CT molecular complexity index is 873. The first-order valence-electron chi connectivity index (χ1n) is 11.2. The molecule has 0 spiro atoms. The Balaban J connectivity index is 0.000000262. The molecular formula is C25H30N2O2. The molecule has 4 nitrogen and oxygen atoms in total. The zero-order chi connectivity index (χ0) is 19.6. The summed E-state index contributed by atoms with van der Waals surface area (Å²) in [4.78, 5) is 15.6. The molecule has 0 amide bonds. The Morgan fingerprint density at radius 1 is 0.828 bits per heavy atom. The predicted octanol–water partition coefficient (Wildman–Crippen LogP) is 4.85. The molecule has 2 atom stereocenters. The molecule has 0 aromatic heterocycles. The number of carbonyl (C=O) groups excluding carboxylic acids is 1. The van der Waals surface area contributed by atoms with E-state index in [2.05, 4.69) is 28.4 Å². The van der Waals surface area contributed by atoms with Crippen LogP contribution in [0.1, 0.15) is 72.0 Å². The van der Waals surface area contributed by atoms with Crippen molar-refractivity contribution in [3.63, 3.8) is 0 Å². The van der Waals surface area contributed by atoms with Gasteiger partial charge < -0.3 is 15.0 Å². The van der Waals surface area contributed by atoms with Crippen LogP contribution in [0.15, 0.2) is 42.5 Å². The number of benzene rings is 2. The topological polar surface area (TPSA) is 41.6 Å². The SMILES string of the molecule is C1CCNCC1.O=C1c2c(cccc2N2CCCCC2)C2Oc3ccccc3C12. The molecule has 152 valence electrons. The first-order chi connectivity index (χ1) is 14.3. The zero-order valence-electron chi connectivity index (χ0n) is 17.0. The van der Waals surface area contributed by atoms with Gasteiger partial charge in [-0.05, 0) is 57.3 Å². The van der Waals surface area contributed by atoms with Gasteiger partial charge in [0.1, 0.15) is 11.9 Å². The monoisotopic (exact) mass is 390 g/mol. The summed E-state index contributed by atoms with van der Waals surface area (Å²) in [6.07, 6.45) is 7.79. The molecular weight excluding hydrogens is 360 g/mol. The van der Waals surface area contributed by atoms with Crippen LogP contribution in [-0.4, -0.2) is 32.0 Å². The average molecular weight is 391 g/mol. The third kappa shape index (κ3) is 3.44. The van der Waals surface area contributed by atoms with Crippen molar-refractivity contribution in [2.45, 2.75) is 50.5 Å². The van der Waals surface area contributed by atoms with Crippen LogP contribution >= 0.6 is 0 Å². The molecule has 6 rings (SSSR count). The number of para-hydroxylation sites is 1. The lowest BCUT2D eigenvalue weighted by Gasteiger charge is -2.30. The number of carbonyl (C=O) groups is 1. The highest BCUT2D eigenvalue weighted by atomic mass is 16.5. The molecule has 4 heteroatoms. The van der Waals surface area contributed by atoms with Gasteiger partial charge >= 0.3 is 0 Å². The second kappa shape index (κ2) is 8.19. The van der Waals surface area contributed by atoms with E-state index >= 15 is 0 Å². The van der Waals surface area contributed by atoms with Crippen LogP contribution in [-0.2, 0) is 0 Å². The third-order valence-corrected chi connectivity index (χ3v) is 6.62. The summed E-state index contributed by atoms with van der Waals surface area (Å²) < 4.78 is 6.13. The first kappa shape index (κ1) is 18.7. The van der Waals surface area contributed by atoms with Gasteiger partial charge in [-0.15, -0.1) is 0 Å². The Morgan fingerprint density at radius 2 is 1.55 bits per heavy atom. The molecule has 29 heavy (non-hydrogen) atoms. The van der Waals surface area contributed by atoms with Crippen molar-refractivity contribution in [3.8, 4) is 5.75 Å². The van der Waals surface area contributed by atoms with E-state index in [0.29, 0.717) is 0 Å². The normalized spacial score (nSPS) is 24.7. The minimum absolute atomic E-state index is 0.139. The van der Waals surface area contributed by atoms with Crippen LogP contribution in [0.5, 0.6) is 5.75 Å². The largest absolute Gasteiger partial charge is 0.484 e. The van der Waals surface area contributed by atoms with Crippen LogP contribution in [0.2, 0.25) is 0 Å². The number of hydrogen-bond donors (Lipinski definition) is 1. The first-order valence-corrected chi connectivity index (χ1v) is 11.2. The fourth-order valence-corrected chi connectivity index (χ4v) is 5.15. The fraction of sp³-hybridized carbons (Fsp3) is 0.480. The second-order valence-electron chi connectivity index (χ2n) is 8.52. The van der Waals surface area contributed by atoms with Gasteiger partial charge in [0, 0.05) is 35.5 Å². The number of hydrogen-bond acceptors (Lipinski definition) is 4. The molecule has 0 saturated carbocycles. The van der Waals surface area contributed by atoms with Crippen molar-refractivity contribution in [1.82, 2.24) is 5.32 Å². The summed E-state index contributed by atoms with van der Waals surface area (Å²) in [5.74, 6) is 0.938. The van der Waals surface area contributed by atoms with Gasteiger partial charge in [-0.3, -0.25) is 4.79 Å². The van der Waals surface area contributed by atoms with Gasteiger partial charge in [-0.2, -0.15) is 0 Å². The van der Waals surface area contributed by atoms with E-state index in [4.69, 9.17) is 4.74 Å². The summed E-state index contributed by atoms with van der Waals surface area (Å²) in [5, 5.41) is 3.28. The van der Waals surface area contributed by atoms with Gasteiger partial charge in [0.15, 0.2) is 5.78 Å². The maximum Gasteiger partial charge on any atom is 0.177 e. The van der Waals surface area contributed by atoms with E-state index in [9.17, 15) is 4.79 Å². The maximum absolute atomic E-state index is 13.2. The highest BCUT2D eigenvalue weighted by molar-refractivity contribution is 6.11. The number of rotatable bonds is 1. The highest BCUT2D eigenvalue weighted by Crippen LogP contribution is 2.54. The van der Waals surface area contributed by atoms with Gasteiger partial charge in [-0.1, -0.05) is 36.8 Å². The van der Waals surface area contributed by atoms with Gasteiger partial charge in [-0.25, -0.2) is 0 Å². The lowest BCUT2D eigenvalue weighted by molar-refractivity contribution is 0.0935. The van der Waals surface area contributed by atoms with E-state index in [1.54, 1.807) is 0 Å². The Kier molecular flexibility index (Phi) is 5.28. The smallest absolute Gasteiger partial charge is 0.177 e. The van der Waals surface area contributed by atoms with Crippen molar-refractivity contribution in [2.24, 2.45) is 0 Å². The molecule has 0 bridgehead atoms. The predicted molar refractivity (Wildman–Crippen MR) is 116 cm³/mol. The van der Waals surface area contributed by atoms with Crippen LogP contribution in [0.25, 0.3) is 0 Å². The summed E-state index contributed by atoms with van der Waals surface area (Å²) in [6, 6.07) is 14.2. The minimum atomic E-state index is -0.160. The van der Waals surface area contributed by atoms with Crippen molar-refractivity contribution < 1.29 is 9.53 Å². The molecule has 2 aromatic rings. The van der Waals surface area contributed by atoms with Crippen LogP contribution in [0.3, 0.4) is 0 Å². The number of ether oxygens (including phenoxy) is 1. The average Bonchev–Trinajstić information content (AvgIpc) is 3.32. The van der Waals surface area contributed by atoms with Crippen LogP contribution in [0, 0.1) is 0 Å². The summed E-state index contributed by atoms with van der Waals surface area (Å²) >= 11 is 0. The molecule has 1 N–H and O–H groups in total. The fourth-order valence-electron chi connectivity index (χ4n) is 5.15. The highest BCUT2D eigenvalue weighted by Gasteiger charge is 2.49. The van der Waals surface area contributed by atoms with Crippen molar-refractivity contribution in [3.05, 3.63) is 59.2 Å². The number of nitrogens with one attached hydrogen (secondary N) is 1. The quantitative estimate of drug-likeness (QED) is 0.756. The number of Topliss-reactive ketones (excluding diaryl/α,β-unsaturated/α-hetero) is 1. The number of fused-ring (bicyclic) bond motifs is 5. The van der Waals surface area contributed by atoms with E-state index in [-0.39, 0.29) is 17.8 Å². The van der Waals surface area contributed by atoms with E-state index in [0.717, 1.165) is 41.2 Å². The summed E-state index contributed by atoms with van der Waals surface area (Å²) in [5.41, 5.74) is 4.13. The van der Waals surface area contributed by atoms with E-state index < -0.39 is 0 Å². The molecule has 2 aromatic carbocycles. The molecule has 2 fully saturated rings.